The van der Waals surface area contributed by atoms with E-state index in [9.17, 15) is 0 Å². The first-order valence-corrected chi connectivity index (χ1v) is 7.40. The van der Waals surface area contributed by atoms with Crippen LogP contribution in [0.1, 0.15) is 5.56 Å². The van der Waals surface area contributed by atoms with E-state index in [-0.39, 0.29) is 0 Å². The van der Waals surface area contributed by atoms with Gasteiger partial charge in [-0.05, 0) is 23.8 Å². The second-order valence-electron chi connectivity index (χ2n) is 5.43. The van der Waals surface area contributed by atoms with Gasteiger partial charge in [0.15, 0.2) is 0 Å². The van der Waals surface area contributed by atoms with Crippen LogP contribution in [0.4, 0.5) is 17.5 Å². The summed E-state index contributed by atoms with van der Waals surface area (Å²) in [5, 5.41) is 4.35. The number of nitrogens with one attached hydrogen (secondary N) is 1. The fourth-order valence-electron chi connectivity index (χ4n) is 2.84. The van der Waals surface area contributed by atoms with Crippen LogP contribution < -0.4 is 16.0 Å². The van der Waals surface area contributed by atoms with Crippen molar-refractivity contribution in [3.8, 4) is 0 Å². The highest BCUT2D eigenvalue weighted by atomic mass is 15.3. The molecule has 5 nitrogen and oxygen atoms in total. The van der Waals surface area contributed by atoms with Gasteiger partial charge in [-0.1, -0.05) is 30.3 Å². The van der Waals surface area contributed by atoms with Crippen molar-refractivity contribution in [3.05, 3.63) is 54.1 Å². The van der Waals surface area contributed by atoms with E-state index in [4.69, 9.17) is 5.73 Å². The molecule has 3 N–H and O–H groups in total. The Kier molecular flexibility index (Phi) is 3.04. The van der Waals surface area contributed by atoms with Gasteiger partial charge >= 0.3 is 0 Å². The lowest BCUT2D eigenvalue weighted by Gasteiger charge is -2.21. The van der Waals surface area contributed by atoms with Gasteiger partial charge in [-0.25, -0.2) is 4.98 Å². The van der Waals surface area contributed by atoms with Crippen LogP contribution in [0.15, 0.2) is 48.5 Å². The number of nitrogens with two attached hydrogens (primary N) is 1. The normalized spacial score (nSPS) is 14.3. The summed E-state index contributed by atoms with van der Waals surface area (Å²) < 4.78 is 0. The molecule has 0 amide bonds. The molecule has 5 heteroatoms. The van der Waals surface area contributed by atoms with Gasteiger partial charge in [-0.2, -0.15) is 4.98 Å². The van der Waals surface area contributed by atoms with Gasteiger partial charge in [0.2, 0.25) is 5.95 Å². The zero-order valence-electron chi connectivity index (χ0n) is 12.2. The molecule has 2 aromatic carbocycles. The molecule has 110 valence electrons. The van der Waals surface area contributed by atoms with Crippen LogP contribution in [-0.4, -0.2) is 23.1 Å². The Bertz CT molecular complexity index is 830. The smallest absolute Gasteiger partial charge is 0.228 e. The highest BCUT2D eigenvalue weighted by Gasteiger charge is 2.17. The SMILES string of the molecule is Nc1nc(N2CCNc3ccccc3C2)nc2ccccc12. The number of benzene rings is 2. The predicted molar refractivity (Wildman–Crippen MR) is 89.9 cm³/mol. The van der Waals surface area contributed by atoms with E-state index in [0.29, 0.717) is 11.8 Å². The molecule has 0 atom stereocenters. The Labute approximate surface area is 128 Å². The second kappa shape index (κ2) is 5.18. The fourth-order valence-corrected chi connectivity index (χ4v) is 2.84. The van der Waals surface area contributed by atoms with Crippen LogP contribution in [0.5, 0.6) is 0 Å². The van der Waals surface area contributed by atoms with Gasteiger partial charge in [0.1, 0.15) is 5.82 Å². The number of nitrogen functional groups attached to an aromatic ring is 1. The van der Waals surface area contributed by atoms with Crippen LogP contribution in [0, 0.1) is 0 Å². The molecular formula is C17H17N5. The van der Waals surface area contributed by atoms with Gasteiger partial charge in [-0.3, -0.25) is 0 Å². The quantitative estimate of drug-likeness (QED) is 0.721. The van der Waals surface area contributed by atoms with Gasteiger partial charge in [0.25, 0.3) is 0 Å². The average Bonchev–Trinajstić information content (AvgIpc) is 2.77. The number of rotatable bonds is 1. The van der Waals surface area contributed by atoms with Gasteiger partial charge in [0, 0.05) is 30.7 Å². The molecule has 0 saturated carbocycles. The molecule has 4 rings (SSSR count). The maximum Gasteiger partial charge on any atom is 0.228 e. The fraction of sp³-hybridized carbons (Fsp3) is 0.176. The summed E-state index contributed by atoms with van der Waals surface area (Å²) in [6, 6.07) is 16.2. The Balaban J connectivity index is 1.75. The third-order valence-corrected chi connectivity index (χ3v) is 3.98. The van der Waals surface area contributed by atoms with Crippen molar-refractivity contribution < 1.29 is 0 Å². The van der Waals surface area contributed by atoms with E-state index in [0.717, 1.165) is 30.5 Å². The summed E-state index contributed by atoms with van der Waals surface area (Å²) in [7, 11) is 0. The van der Waals surface area contributed by atoms with Crippen LogP contribution in [-0.2, 0) is 6.54 Å². The number of para-hydroxylation sites is 2. The largest absolute Gasteiger partial charge is 0.383 e. The van der Waals surface area contributed by atoms with E-state index in [1.807, 2.05) is 30.3 Å². The van der Waals surface area contributed by atoms with Crippen molar-refractivity contribution in [2.45, 2.75) is 6.54 Å². The summed E-state index contributed by atoms with van der Waals surface area (Å²) in [5.74, 6) is 1.22. The molecule has 0 unspecified atom stereocenters. The van der Waals surface area contributed by atoms with E-state index in [1.54, 1.807) is 0 Å². The number of anilines is 3. The Morgan fingerprint density at radius 3 is 2.77 bits per heavy atom. The first-order chi connectivity index (χ1) is 10.8. The maximum atomic E-state index is 6.10. The second-order valence-corrected chi connectivity index (χ2v) is 5.43. The van der Waals surface area contributed by atoms with Gasteiger partial charge in [0.05, 0.1) is 5.52 Å². The molecule has 2 heterocycles. The van der Waals surface area contributed by atoms with Crippen LogP contribution >= 0.6 is 0 Å². The highest BCUT2D eigenvalue weighted by molar-refractivity contribution is 5.88. The molecule has 1 aliphatic heterocycles. The van der Waals surface area contributed by atoms with E-state index in [1.165, 1.54) is 11.3 Å². The van der Waals surface area contributed by atoms with Crippen molar-refractivity contribution in [1.29, 1.82) is 0 Å². The van der Waals surface area contributed by atoms with Gasteiger partial charge in [-0.15, -0.1) is 0 Å². The monoisotopic (exact) mass is 291 g/mol. The molecule has 0 spiro atoms. The minimum absolute atomic E-state index is 0.533. The number of nitrogens with zero attached hydrogens (tertiary/aromatic N) is 3. The minimum atomic E-state index is 0.533. The first kappa shape index (κ1) is 12.9. The summed E-state index contributed by atoms with van der Waals surface area (Å²) in [5.41, 5.74) is 9.41. The lowest BCUT2D eigenvalue weighted by Crippen LogP contribution is -2.27. The van der Waals surface area contributed by atoms with E-state index < -0.39 is 0 Å². The van der Waals surface area contributed by atoms with Crippen LogP contribution in [0.25, 0.3) is 10.9 Å². The molecule has 1 aliphatic rings. The summed E-state index contributed by atoms with van der Waals surface area (Å²) in [6.07, 6.45) is 0. The molecule has 3 aromatic rings. The molecule has 0 aliphatic carbocycles. The standard InChI is InChI=1S/C17H17N5/c18-16-13-6-2-4-8-15(13)20-17(21-16)22-10-9-19-14-7-3-1-5-12(14)11-22/h1-8,19H,9-11H2,(H2,18,20,21). The minimum Gasteiger partial charge on any atom is -0.383 e. The maximum absolute atomic E-state index is 6.10. The third-order valence-electron chi connectivity index (χ3n) is 3.98. The summed E-state index contributed by atoms with van der Waals surface area (Å²) >= 11 is 0. The lowest BCUT2D eigenvalue weighted by atomic mass is 10.2. The highest BCUT2D eigenvalue weighted by Crippen LogP contribution is 2.25. The van der Waals surface area contributed by atoms with Gasteiger partial charge < -0.3 is 16.0 Å². The van der Waals surface area contributed by atoms with E-state index >= 15 is 0 Å². The molecule has 0 bridgehead atoms. The zero-order chi connectivity index (χ0) is 14.9. The Morgan fingerprint density at radius 1 is 1.00 bits per heavy atom. The first-order valence-electron chi connectivity index (χ1n) is 7.40. The topological polar surface area (TPSA) is 67.1 Å². The third kappa shape index (κ3) is 2.20. The number of hydrogen-bond donors (Lipinski definition) is 2. The van der Waals surface area contributed by atoms with Crippen molar-refractivity contribution in [2.24, 2.45) is 0 Å². The molecule has 1 aromatic heterocycles. The number of fused-ring (bicyclic) bond motifs is 2. The summed E-state index contributed by atoms with van der Waals surface area (Å²) in [6.45, 7) is 2.47. The Morgan fingerprint density at radius 2 is 1.82 bits per heavy atom. The van der Waals surface area contributed by atoms with Crippen molar-refractivity contribution >= 4 is 28.4 Å². The Hall–Kier alpha value is -2.82. The number of aromatic nitrogens is 2. The van der Waals surface area contributed by atoms with Crippen LogP contribution in [0.3, 0.4) is 0 Å². The van der Waals surface area contributed by atoms with E-state index in [2.05, 4.69) is 38.4 Å². The van der Waals surface area contributed by atoms with Crippen molar-refractivity contribution in [2.75, 3.05) is 29.0 Å². The molecule has 0 saturated heterocycles. The lowest BCUT2D eigenvalue weighted by molar-refractivity contribution is 0.794. The molecule has 0 radical (unpaired) electrons. The van der Waals surface area contributed by atoms with Crippen molar-refractivity contribution in [3.63, 3.8) is 0 Å². The van der Waals surface area contributed by atoms with Crippen LogP contribution in [0.2, 0.25) is 0 Å². The van der Waals surface area contributed by atoms with Crippen molar-refractivity contribution in [1.82, 2.24) is 9.97 Å². The average molecular weight is 291 g/mol. The number of hydrogen-bond acceptors (Lipinski definition) is 5. The molecular weight excluding hydrogens is 274 g/mol. The molecule has 0 fully saturated rings. The molecule has 22 heavy (non-hydrogen) atoms. The summed E-state index contributed by atoms with van der Waals surface area (Å²) in [4.78, 5) is 11.4. The zero-order valence-corrected chi connectivity index (χ0v) is 12.2. The predicted octanol–water partition coefficient (Wildman–Crippen LogP) is 2.64.